The maximum Gasteiger partial charge on any atom is 0.202 e. The molecule has 0 fully saturated rings. The zero-order valence-corrected chi connectivity index (χ0v) is 19.8. The summed E-state index contributed by atoms with van der Waals surface area (Å²) in [6, 6.07) is 6.31. The second-order valence-corrected chi connectivity index (χ2v) is 9.99. The number of rotatable bonds is 4. The number of fused-ring (bicyclic) bond motifs is 3. The Hall–Kier alpha value is -3.74. The molecule has 0 bridgehead atoms. The van der Waals surface area contributed by atoms with Crippen molar-refractivity contribution in [3.05, 3.63) is 75.5 Å². The molecule has 3 aliphatic carbocycles. The summed E-state index contributed by atoms with van der Waals surface area (Å²) in [7, 11) is 0. The number of carbonyl (C=O) groups excluding carboxylic acids is 4. The molecular weight excluding hydrogens is 448 g/mol. The van der Waals surface area contributed by atoms with Crippen LogP contribution in [0.15, 0.2) is 57.4 Å². The van der Waals surface area contributed by atoms with Gasteiger partial charge in [0.25, 0.3) is 0 Å². The van der Waals surface area contributed by atoms with Crippen molar-refractivity contribution in [3.63, 3.8) is 0 Å². The van der Waals surface area contributed by atoms with Crippen molar-refractivity contribution >= 4 is 23.1 Å². The van der Waals surface area contributed by atoms with E-state index in [2.05, 4.69) is 0 Å². The summed E-state index contributed by atoms with van der Waals surface area (Å²) in [5.74, 6) is -2.14. The van der Waals surface area contributed by atoms with Gasteiger partial charge in [0.1, 0.15) is 11.5 Å². The topological polar surface area (TPSA) is 122 Å². The highest BCUT2D eigenvalue weighted by Gasteiger charge is 2.54. The Morgan fingerprint density at radius 3 is 2.54 bits per heavy atom. The number of ketones is 4. The maximum atomic E-state index is 13.8. The first-order valence-electron chi connectivity index (χ1n) is 11.7. The second kappa shape index (κ2) is 7.90. The van der Waals surface area contributed by atoms with Crippen molar-refractivity contribution in [3.8, 4) is 5.75 Å². The van der Waals surface area contributed by atoms with Gasteiger partial charge in [-0.25, -0.2) is 0 Å². The van der Waals surface area contributed by atoms with E-state index in [0.717, 1.165) is 0 Å². The Kier molecular flexibility index (Phi) is 5.20. The van der Waals surface area contributed by atoms with Gasteiger partial charge in [0.05, 0.1) is 22.8 Å². The Labute approximate surface area is 202 Å². The standard InChI is InChI=1S/C28H26O7/c1-13-23-16(9-17-12-21(32)24(14(2)29)27(34)28(13,17)3)10-18-15(6-7-19(30)25(18)26(23)33)11-20(31)22-5-4-8-35-22/h4-8,16-17,30,34H,9-12H2,1-3H3. The molecule has 35 heavy (non-hydrogen) atoms. The third-order valence-electron chi connectivity index (χ3n) is 8.23. The van der Waals surface area contributed by atoms with E-state index in [4.69, 9.17) is 4.42 Å². The van der Waals surface area contributed by atoms with Crippen LogP contribution >= 0.6 is 0 Å². The lowest BCUT2D eigenvalue weighted by molar-refractivity contribution is -0.123. The Balaban J connectivity index is 1.63. The average molecular weight is 475 g/mol. The Bertz CT molecular complexity index is 1370. The number of phenolic OH excluding ortho intramolecular Hbond substituents is 1. The molecule has 0 saturated carbocycles. The van der Waals surface area contributed by atoms with E-state index in [0.29, 0.717) is 35.1 Å². The fourth-order valence-corrected chi connectivity index (χ4v) is 6.28. The van der Waals surface area contributed by atoms with Crippen LogP contribution < -0.4 is 0 Å². The fourth-order valence-electron chi connectivity index (χ4n) is 6.28. The van der Waals surface area contributed by atoms with E-state index in [-0.39, 0.29) is 70.4 Å². The van der Waals surface area contributed by atoms with Gasteiger partial charge in [-0.1, -0.05) is 11.6 Å². The van der Waals surface area contributed by atoms with Crippen molar-refractivity contribution in [2.75, 3.05) is 0 Å². The molecule has 7 nitrogen and oxygen atoms in total. The first-order chi connectivity index (χ1) is 16.6. The van der Waals surface area contributed by atoms with Gasteiger partial charge in [-0.3, -0.25) is 19.2 Å². The fraction of sp³-hybridized carbons (Fsp3) is 0.357. The molecule has 0 amide bonds. The van der Waals surface area contributed by atoms with Crippen LogP contribution in [0.2, 0.25) is 0 Å². The second-order valence-electron chi connectivity index (χ2n) is 9.99. The van der Waals surface area contributed by atoms with Gasteiger partial charge in [-0.15, -0.1) is 0 Å². The molecule has 7 heteroatoms. The number of furan rings is 1. The summed E-state index contributed by atoms with van der Waals surface area (Å²) >= 11 is 0. The van der Waals surface area contributed by atoms with Crippen LogP contribution in [0.4, 0.5) is 0 Å². The predicted molar refractivity (Wildman–Crippen MR) is 125 cm³/mol. The summed E-state index contributed by atoms with van der Waals surface area (Å²) in [6.07, 6.45) is 2.46. The number of hydrogen-bond acceptors (Lipinski definition) is 7. The molecule has 5 rings (SSSR count). The molecule has 1 aromatic carbocycles. The van der Waals surface area contributed by atoms with Crippen molar-refractivity contribution < 1.29 is 33.8 Å². The van der Waals surface area contributed by atoms with Crippen LogP contribution in [0, 0.1) is 17.3 Å². The number of hydrogen-bond donors (Lipinski definition) is 2. The Morgan fingerprint density at radius 2 is 1.89 bits per heavy atom. The molecule has 1 heterocycles. The molecule has 2 N–H and O–H groups in total. The number of aromatic hydroxyl groups is 1. The van der Waals surface area contributed by atoms with Crippen LogP contribution in [0.3, 0.4) is 0 Å². The van der Waals surface area contributed by atoms with Crippen LogP contribution in [0.25, 0.3) is 0 Å². The smallest absolute Gasteiger partial charge is 0.202 e. The minimum atomic E-state index is -1.02. The zero-order chi connectivity index (χ0) is 25.2. The van der Waals surface area contributed by atoms with E-state index in [1.54, 1.807) is 32.0 Å². The Morgan fingerprint density at radius 1 is 1.14 bits per heavy atom. The predicted octanol–water partition coefficient (Wildman–Crippen LogP) is 4.48. The lowest BCUT2D eigenvalue weighted by Crippen LogP contribution is -2.46. The molecule has 1 aromatic heterocycles. The largest absolute Gasteiger partial charge is 0.510 e. The minimum Gasteiger partial charge on any atom is -0.510 e. The highest BCUT2D eigenvalue weighted by molar-refractivity contribution is 6.21. The van der Waals surface area contributed by atoms with Gasteiger partial charge < -0.3 is 14.6 Å². The molecule has 3 atom stereocenters. The summed E-state index contributed by atoms with van der Waals surface area (Å²) in [5, 5.41) is 21.7. The van der Waals surface area contributed by atoms with Crippen molar-refractivity contribution in [1.82, 2.24) is 0 Å². The van der Waals surface area contributed by atoms with Gasteiger partial charge >= 0.3 is 0 Å². The van der Waals surface area contributed by atoms with E-state index >= 15 is 0 Å². The summed E-state index contributed by atoms with van der Waals surface area (Å²) in [6.45, 7) is 4.80. The zero-order valence-electron chi connectivity index (χ0n) is 19.8. The van der Waals surface area contributed by atoms with E-state index in [1.807, 2.05) is 0 Å². The third kappa shape index (κ3) is 3.25. The number of aliphatic hydroxyl groups is 1. The van der Waals surface area contributed by atoms with Crippen molar-refractivity contribution in [2.45, 2.75) is 46.5 Å². The van der Waals surface area contributed by atoms with Gasteiger partial charge in [-0.2, -0.15) is 0 Å². The molecular formula is C28H26O7. The van der Waals surface area contributed by atoms with E-state index in [9.17, 15) is 29.4 Å². The number of carbonyl (C=O) groups is 4. The van der Waals surface area contributed by atoms with Gasteiger partial charge in [0, 0.05) is 18.4 Å². The lowest BCUT2D eigenvalue weighted by atomic mass is 9.54. The molecule has 2 aromatic rings. The normalized spacial score (nSPS) is 25.8. The highest BCUT2D eigenvalue weighted by Crippen LogP contribution is 2.57. The van der Waals surface area contributed by atoms with Crippen LogP contribution in [-0.2, 0) is 22.4 Å². The molecule has 0 aliphatic heterocycles. The van der Waals surface area contributed by atoms with E-state index < -0.39 is 11.2 Å². The van der Waals surface area contributed by atoms with Crippen LogP contribution in [0.1, 0.15) is 65.7 Å². The van der Waals surface area contributed by atoms with Crippen molar-refractivity contribution in [1.29, 1.82) is 0 Å². The molecule has 3 unspecified atom stereocenters. The maximum absolute atomic E-state index is 13.8. The van der Waals surface area contributed by atoms with Gasteiger partial charge in [-0.05, 0) is 74.8 Å². The van der Waals surface area contributed by atoms with E-state index in [1.165, 1.54) is 19.3 Å². The molecule has 3 aliphatic rings. The third-order valence-corrected chi connectivity index (χ3v) is 8.23. The summed E-state index contributed by atoms with van der Waals surface area (Å²) < 4.78 is 5.21. The van der Waals surface area contributed by atoms with Crippen LogP contribution in [0.5, 0.6) is 5.75 Å². The first-order valence-corrected chi connectivity index (χ1v) is 11.7. The molecule has 0 radical (unpaired) electrons. The molecule has 180 valence electrons. The summed E-state index contributed by atoms with van der Waals surface area (Å²) in [5.41, 5.74) is 1.37. The quantitative estimate of drug-likeness (QED) is 0.495. The highest BCUT2D eigenvalue weighted by atomic mass is 16.3. The molecule has 0 spiro atoms. The van der Waals surface area contributed by atoms with Crippen LogP contribution in [-0.4, -0.2) is 33.3 Å². The number of phenols is 1. The average Bonchev–Trinajstić information content (AvgIpc) is 3.33. The van der Waals surface area contributed by atoms with Crippen molar-refractivity contribution in [2.24, 2.45) is 17.3 Å². The minimum absolute atomic E-state index is 0.0271. The number of benzene rings is 1. The monoisotopic (exact) mass is 474 g/mol. The first kappa shape index (κ1) is 23.0. The SMILES string of the molecule is CC(=O)C1=C(O)C2(C)C(C)=C3C(=O)c4c(O)ccc(CC(=O)c5ccco5)c4CC3CC2CC1=O. The number of Topliss-reactive ketones (excluding diaryl/α,β-unsaturated/α-hetero) is 4. The van der Waals surface area contributed by atoms with Gasteiger partial charge in [0.2, 0.25) is 5.78 Å². The lowest BCUT2D eigenvalue weighted by Gasteiger charge is -2.49. The molecule has 0 saturated heterocycles. The number of allylic oxidation sites excluding steroid dienone is 3. The van der Waals surface area contributed by atoms with Gasteiger partial charge in [0.15, 0.2) is 23.1 Å². The number of aliphatic hydroxyl groups excluding tert-OH is 1. The summed E-state index contributed by atoms with van der Waals surface area (Å²) in [4.78, 5) is 51.3.